The van der Waals surface area contributed by atoms with Crippen LogP contribution in [0.25, 0.3) is 0 Å². The molecule has 0 aliphatic rings. The third-order valence-corrected chi connectivity index (χ3v) is 3.76. The predicted molar refractivity (Wildman–Crippen MR) is 86.2 cm³/mol. The Labute approximate surface area is 135 Å². The van der Waals surface area contributed by atoms with Gasteiger partial charge in [-0.25, -0.2) is 4.79 Å². The Morgan fingerprint density at radius 2 is 1.65 bits per heavy atom. The van der Waals surface area contributed by atoms with E-state index in [4.69, 9.17) is 9.15 Å². The van der Waals surface area contributed by atoms with Gasteiger partial charge in [-0.05, 0) is 20.8 Å². The van der Waals surface area contributed by atoms with Gasteiger partial charge in [0.25, 0.3) is 5.91 Å². The summed E-state index contributed by atoms with van der Waals surface area (Å²) in [5.41, 5.74) is 1.75. The van der Waals surface area contributed by atoms with Gasteiger partial charge < -0.3 is 14.1 Å². The summed E-state index contributed by atoms with van der Waals surface area (Å²) in [6.07, 6.45) is -0.979. The molecule has 0 saturated carbocycles. The van der Waals surface area contributed by atoms with Gasteiger partial charge in [0.05, 0.1) is 0 Å². The molecule has 5 heteroatoms. The Balaban J connectivity index is 2.35. The third kappa shape index (κ3) is 3.44. The second-order valence-electron chi connectivity index (χ2n) is 5.64. The van der Waals surface area contributed by atoms with Gasteiger partial charge in [-0.1, -0.05) is 30.3 Å². The van der Waals surface area contributed by atoms with E-state index in [1.165, 1.54) is 4.90 Å². The van der Waals surface area contributed by atoms with Crippen molar-refractivity contribution in [3.63, 3.8) is 0 Å². The van der Waals surface area contributed by atoms with E-state index in [2.05, 4.69) is 0 Å². The molecule has 0 bridgehead atoms. The highest BCUT2D eigenvalue weighted by atomic mass is 16.5. The van der Waals surface area contributed by atoms with Gasteiger partial charge in [-0.3, -0.25) is 4.79 Å². The lowest BCUT2D eigenvalue weighted by Crippen LogP contribution is -2.31. The largest absolute Gasteiger partial charge is 0.465 e. The highest BCUT2D eigenvalue weighted by molar-refractivity contribution is 5.94. The maximum Gasteiger partial charge on any atom is 0.343 e. The Bertz CT molecular complexity index is 716. The lowest BCUT2D eigenvalue weighted by molar-refractivity contribution is -0.138. The molecule has 5 nitrogen and oxygen atoms in total. The van der Waals surface area contributed by atoms with Gasteiger partial charge in [-0.2, -0.15) is 0 Å². The molecule has 0 radical (unpaired) electrons. The molecule has 1 amide bonds. The van der Waals surface area contributed by atoms with Crippen molar-refractivity contribution >= 4 is 11.9 Å². The minimum Gasteiger partial charge on any atom is -0.465 e. The molecular weight excluding hydrogens is 294 g/mol. The summed E-state index contributed by atoms with van der Waals surface area (Å²) in [5.74, 6) is 0.319. The van der Waals surface area contributed by atoms with Crippen LogP contribution in [0.15, 0.2) is 34.7 Å². The molecular formula is C18H21NO4. The number of hydrogen-bond donors (Lipinski definition) is 0. The Morgan fingerprint density at radius 1 is 1.04 bits per heavy atom. The smallest absolute Gasteiger partial charge is 0.343 e. The molecule has 0 fully saturated rings. The number of furan rings is 1. The number of carbonyl (C=O) groups is 2. The predicted octanol–water partition coefficient (Wildman–Crippen LogP) is 3.19. The molecule has 1 aromatic carbocycles. The van der Waals surface area contributed by atoms with Gasteiger partial charge in [0.15, 0.2) is 0 Å². The molecule has 2 aromatic rings. The van der Waals surface area contributed by atoms with Crippen molar-refractivity contribution in [1.82, 2.24) is 4.90 Å². The molecule has 2 rings (SSSR count). The van der Waals surface area contributed by atoms with Gasteiger partial charge in [0.2, 0.25) is 6.10 Å². The van der Waals surface area contributed by atoms with Crippen molar-refractivity contribution in [3.8, 4) is 0 Å². The van der Waals surface area contributed by atoms with Crippen LogP contribution in [-0.4, -0.2) is 30.9 Å². The summed E-state index contributed by atoms with van der Waals surface area (Å²) < 4.78 is 11.0. The minimum atomic E-state index is -0.979. The molecule has 0 saturated heterocycles. The molecule has 0 spiro atoms. The molecule has 122 valence electrons. The first-order valence-corrected chi connectivity index (χ1v) is 7.36. The highest BCUT2D eigenvalue weighted by Crippen LogP contribution is 2.26. The van der Waals surface area contributed by atoms with Crippen LogP contribution in [-0.2, 0) is 9.53 Å². The monoisotopic (exact) mass is 315 g/mol. The Morgan fingerprint density at radius 3 is 2.13 bits per heavy atom. The van der Waals surface area contributed by atoms with Crippen molar-refractivity contribution in [3.05, 3.63) is 58.5 Å². The van der Waals surface area contributed by atoms with Crippen molar-refractivity contribution in [2.24, 2.45) is 0 Å². The molecule has 0 unspecified atom stereocenters. The second-order valence-corrected chi connectivity index (χ2v) is 5.64. The lowest BCUT2D eigenvalue weighted by atomic mass is 10.1. The van der Waals surface area contributed by atoms with Gasteiger partial charge in [0, 0.05) is 25.2 Å². The molecule has 0 aliphatic heterocycles. The summed E-state index contributed by atoms with van der Waals surface area (Å²) in [4.78, 5) is 26.4. The normalized spacial score (nSPS) is 11.9. The summed E-state index contributed by atoms with van der Waals surface area (Å²) in [5, 5.41) is 0. The SMILES string of the molecule is Cc1oc(C)c(C(=O)O[C@H](C(=O)N(C)C)c2ccccc2)c1C. The van der Waals surface area contributed by atoms with E-state index in [1.54, 1.807) is 59.1 Å². The average Bonchev–Trinajstić information content (AvgIpc) is 2.77. The molecule has 1 aromatic heterocycles. The zero-order valence-corrected chi connectivity index (χ0v) is 14.0. The van der Waals surface area contributed by atoms with E-state index >= 15 is 0 Å². The number of benzene rings is 1. The maximum atomic E-state index is 12.6. The quantitative estimate of drug-likeness (QED) is 0.813. The van der Waals surface area contributed by atoms with Crippen LogP contribution in [0.3, 0.4) is 0 Å². The van der Waals surface area contributed by atoms with Crippen LogP contribution >= 0.6 is 0 Å². The topological polar surface area (TPSA) is 59.8 Å². The molecule has 1 atom stereocenters. The van der Waals surface area contributed by atoms with Gasteiger partial charge in [0.1, 0.15) is 17.1 Å². The van der Waals surface area contributed by atoms with Crippen LogP contribution < -0.4 is 0 Å². The number of amides is 1. The zero-order valence-electron chi connectivity index (χ0n) is 14.0. The molecule has 0 aliphatic carbocycles. The summed E-state index contributed by atoms with van der Waals surface area (Å²) in [6.45, 7) is 5.30. The number of esters is 1. The molecule has 0 N–H and O–H groups in total. The average molecular weight is 315 g/mol. The fraction of sp³-hybridized carbons (Fsp3) is 0.333. The Hall–Kier alpha value is -2.56. The van der Waals surface area contributed by atoms with Crippen molar-refractivity contribution in [1.29, 1.82) is 0 Å². The maximum absolute atomic E-state index is 12.6. The van der Waals surface area contributed by atoms with Crippen molar-refractivity contribution in [2.75, 3.05) is 14.1 Å². The first-order chi connectivity index (χ1) is 10.8. The van der Waals surface area contributed by atoms with Crippen LogP contribution in [0, 0.1) is 20.8 Å². The van der Waals surface area contributed by atoms with E-state index in [9.17, 15) is 9.59 Å². The third-order valence-electron chi connectivity index (χ3n) is 3.76. The summed E-state index contributed by atoms with van der Waals surface area (Å²) >= 11 is 0. The van der Waals surface area contributed by atoms with Crippen LogP contribution in [0.1, 0.15) is 39.1 Å². The van der Waals surface area contributed by atoms with E-state index in [0.717, 1.165) is 5.56 Å². The standard InChI is InChI=1S/C18H21NO4/c1-11-12(2)22-13(3)15(11)18(21)23-16(17(20)19(4)5)14-9-7-6-8-10-14/h6-10,16H,1-5H3/t16-/m0/s1. The first-order valence-electron chi connectivity index (χ1n) is 7.36. The lowest BCUT2D eigenvalue weighted by Gasteiger charge is -2.21. The number of nitrogens with zero attached hydrogens (tertiary/aromatic N) is 1. The first kappa shape index (κ1) is 16.8. The zero-order chi connectivity index (χ0) is 17.1. The minimum absolute atomic E-state index is 0.292. The summed E-state index contributed by atoms with van der Waals surface area (Å²) in [7, 11) is 3.26. The van der Waals surface area contributed by atoms with E-state index in [1.807, 2.05) is 6.07 Å². The number of ether oxygens (including phenoxy) is 1. The molecule has 23 heavy (non-hydrogen) atoms. The van der Waals surface area contributed by atoms with E-state index < -0.39 is 12.1 Å². The van der Waals surface area contributed by atoms with Gasteiger partial charge >= 0.3 is 5.97 Å². The van der Waals surface area contributed by atoms with E-state index in [-0.39, 0.29) is 5.91 Å². The highest BCUT2D eigenvalue weighted by Gasteiger charge is 2.29. The van der Waals surface area contributed by atoms with Crippen LogP contribution in [0.4, 0.5) is 0 Å². The Kier molecular flexibility index (Phi) is 4.89. The van der Waals surface area contributed by atoms with Gasteiger partial charge in [-0.15, -0.1) is 0 Å². The number of likely N-dealkylation sites (N-methyl/N-ethyl adjacent to an activating group) is 1. The summed E-state index contributed by atoms with van der Waals surface area (Å²) in [6, 6.07) is 8.98. The van der Waals surface area contributed by atoms with Crippen molar-refractivity contribution in [2.45, 2.75) is 26.9 Å². The number of rotatable bonds is 4. The number of carbonyl (C=O) groups excluding carboxylic acids is 2. The van der Waals surface area contributed by atoms with E-state index in [0.29, 0.717) is 22.6 Å². The fourth-order valence-corrected chi connectivity index (χ4v) is 2.38. The van der Waals surface area contributed by atoms with Crippen LogP contribution in [0.5, 0.6) is 0 Å². The second kappa shape index (κ2) is 6.69. The fourth-order valence-electron chi connectivity index (χ4n) is 2.38. The van der Waals surface area contributed by atoms with Crippen LogP contribution in [0.2, 0.25) is 0 Å². The molecule has 1 heterocycles. The number of hydrogen-bond acceptors (Lipinski definition) is 4. The van der Waals surface area contributed by atoms with Crippen molar-refractivity contribution < 1.29 is 18.7 Å². The number of aryl methyl sites for hydroxylation is 2.